The van der Waals surface area contributed by atoms with Crippen LogP contribution in [0.1, 0.15) is 27.2 Å². The highest BCUT2D eigenvalue weighted by atomic mass is 35.5. The number of hydrogen-bond donors (Lipinski definition) is 1. The van der Waals surface area contributed by atoms with Gasteiger partial charge in [0.1, 0.15) is 11.4 Å². The van der Waals surface area contributed by atoms with E-state index in [4.69, 9.17) is 11.6 Å². The van der Waals surface area contributed by atoms with Gasteiger partial charge in [0.25, 0.3) is 0 Å². The van der Waals surface area contributed by atoms with Crippen molar-refractivity contribution >= 4 is 29.1 Å². The van der Waals surface area contributed by atoms with Gasteiger partial charge < -0.3 is 10.2 Å². The number of anilines is 1. The molecule has 21 heavy (non-hydrogen) atoms. The average molecular weight is 313 g/mol. The molecule has 1 N–H and O–H groups in total. The summed E-state index contributed by atoms with van der Waals surface area (Å²) in [5, 5.41) is 2.86. The molecule has 1 heterocycles. The second-order valence-electron chi connectivity index (χ2n) is 5.75. The minimum Gasteiger partial charge on any atom is -0.328 e. The first kappa shape index (κ1) is 15.8. The van der Waals surface area contributed by atoms with Crippen molar-refractivity contribution in [3.05, 3.63) is 29.0 Å². The van der Waals surface area contributed by atoms with E-state index in [-0.39, 0.29) is 17.5 Å². The quantitative estimate of drug-likeness (QED) is 0.932. The van der Waals surface area contributed by atoms with Crippen LogP contribution in [0.25, 0.3) is 0 Å². The second-order valence-corrected chi connectivity index (χ2v) is 6.18. The van der Waals surface area contributed by atoms with Crippen molar-refractivity contribution in [2.45, 2.75) is 32.7 Å². The van der Waals surface area contributed by atoms with E-state index in [9.17, 15) is 14.0 Å². The summed E-state index contributed by atoms with van der Waals surface area (Å²) < 4.78 is 13.7. The monoisotopic (exact) mass is 312 g/mol. The zero-order valence-electron chi connectivity index (χ0n) is 12.2. The Morgan fingerprint density at radius 3 is 2.62 bits per heavy atom. The smallest absolute Gasteiger partial charge is 0.250 e. The fourth-order valence-electron chi connectivity index (χ4n) is 2.31. The average Bonchev–Trinajstić information content (AvgIpc) is 2.40. The Balaban J connectivity index is 2.16. The van der Waals surface area contributed by atoms with Gasteiger partial charge in [-0.3, -0.25) is 9.59 Å². The number of halogens is 2. The molecule has 1 unspecified atom stereocenters. The highest BCUT2D eigenvalue weighted by Crippen LogP contribution is 2.33. The van der Waals surface area contributed by atoms with Crippen molar-refractivity contribution in [2.75, 3.05) is 11.9 Å². The van der Waals surface area contributed by atoms with Crippen LogP contribution >= 0.6 is 11.6 Å². The predicted octanol–water partition coefficient (Wildman–Crippen LogP) is 3.06. The largest absolute Gasteiger partial charge is 0.328 e. The molecule has 1 aromatic rings. The molecular formula is C15H18ClFN2O2. The van der Waals surface area contributed by atoms with E-state index in [0.29, 0.717) is 18.0 Å². The van der Waals surface area contributed by atoms with Gasteiger partial charge in [0.15, 0.2) is 0 Å². The van der Waals surface area contributed by atoms with Crippen LogP contribution in [0.4, 0.5) is 10.1 Å². The highest BCUT2D eigenvalue weighted by Gasteiger charge is 2.49. The van der Waals surface area contributed by atoms with E-state index in [0.717, 1.165) is 0 Å². The van der Waals surface area contributed by atoms with E-state index >= 15 is 0 Å². The van der Waals surface area contributed by atoms with Crippen LogP contribution < -0.4 is 5.32 Å². The topological polar surface area (TPSA) is 49.4 Å². The van der Waals surface area contributed by atoms with Crippen LogP contribution in [0.3, 0.4) is 0 Å². The van der Waals surface area contributed by atoms with Gasteiger partial charge in [-0.05, 0) is 31.5 Å². The lowest BCUT2D eigenvalue weighted by Crippen LogP contribution is -2.66. The molecule has 0 spiro atoms. The van der Waals surface area contributed by atoms with Gasteiger partial charge in [-0.2, -0.15) is 0 Å². The number of hydrogen-bond acceptors (Lipinski definition) is 2. The molecule has 0 saturated carbocycles. The summed E-state index contributed by atoms with van der Waals surface area (Å²) in [6.45, 7) is 5.80. The predicted molar refractivity (Wildman–Crippen MR) is 79.6 cm³/mol. The van der Waals surface area contributed by atoms with Crippen molar-refractivity contribution in [1.82, 2.24) is 4.90 Å². The van der Waals surface area contributed by atoms with E-state index in [1.165, 1.54) is 23.1 Å². The third-order valence-corrected chi connectivity index (χ3v) is 4.08. The Labute approximate surface area is 128 Å². The van der Waals surface area contributed by atoms with Crippen LogP contribution in [0.15, 0.2) is 18.2 Å². The summed E-state index contributed by atoms with van der Waals surface area (Å²) in [5.74, 6) is -1.22. The lowest BCUT2D eigenvalue weighted by atomic mass is 9.84. The summed E-state index contributed by atoms with van der Waals surface area (Å²) in [4.78, 5) is 26.0. The molecule has 0 aliphatic carbocycles. The zero-order chi connectivity index (χ0) is 15.8. The first-order valence-electron chi connectivity index (χ1n) is 6.83. The van der Waals surface area contributed by atoms with Crippen molar-refractivity contribution < 1.29 is 14.0 Å². The molecule has 1 atom stereocenters. The fraction of sp³-hybridized carbons (Fsp3) is 0.467. The molecule has 1 fully saturated rings. The van der Waals surface area contributed by atoms with Crippen LogP contribution in [-0.2, 0) is 9.59 Å². The first-order valence-corrected chi connectivity index (χ1v) is 7.21. The minimum atomic E-state index is -0.934. The second kappa shape index (κ2) is 5.64. The van der Waals surface area contributed by atoms with E-state index in [2.05, 4.69) is 5.32 Å². The Kier molecular flexibility index (Phi) is 4.23. The number of nitrogens with one attached hydrogen (secondary N) is 1. The van der Waals surface area contributed by atoms with Gasteiger partial charge in [-0.1, -0.05) is 25.4 Å². The number of carbonyl (C=O) groups excluding carboxylic acids is 2. The van der Waals surface area contributed by atoms with Gasteiger partial charge in [-0.25, -0.2) is 4.39 Å². The maximum atomic E-state index is 13.7. The van der Waals surface area contributed by atoms with Crippen LogP contribution in [-0.4, -0.2) is 28.8 Å². The maximum absolute atomic E-state index is 13.7. The number of benzene rings is 1. The normalized spacial score (nSPS) is 21.1. The molecule has 2 rings (SSSR count). The van der Waals surface area contributed by atoms with E-state index < -0.39 is 17.3 Å². The van der Waals surface area contributed by atoms with Gasteiger partial charge in [-0.15, -0.1) is 0 Å². The minimum absolute atomic E-state index is 0.0255. The highest BCUT2D eigenvalue weighted by molar-refractivity contribution is 6.30. The summed E-state index contributed by atoms with van der Waals surface area (Å²) >= 11 is 5.80. The van der Waals surface area contributed by atoms with Crippen LogP contribution in [0, 0.1) is 11.7 Å². The van der Waals surface area contributed by atoms with Gasteiger partial charge in [0.05, 0.1) is 5.69 Å². The van der Waals surface area contributed by atoms with Gasteiger partial charge in [0, 0.05) is 17.5 Å². The van der Waals surface area contributed by atoms with E-state index in [1.807, 2.05) is 0 Å². The standard InChI is InChI=1S/C15H18ClFN2O2/c1-9(2)13(20)19-7-6-15(19,3)14(21)18-12-8-10(16)4-5-11(12)17/h4-5,8-9H,6-7H2,1-3H3,(H,18,21). The van der Waals surface area contributed by atoms with E-state index in [1.54, 1.807) is 20.8 Å². The summed E-state index contributed by atoms with van der Waals surface area (Å²) in [6, 6.07) is 3.95. The van der Waals surface area contributed by atoms with Gasteiger partial charge in [0.2, 0.25) is 11.8 Å². The number of amides is 2. The molecule has 1 aromatic carbocycles. The lowest BCUT2D eigenvalue weighted by molar-refractivity contribution is -0.157. The van der Waals surface area contributed by atoms with Crippen molar-refractivity contribution in [3.8, 4) is 0 Å². The Hall–Kier alpha value is -1.62. The molecule has 1 saturated heterocycles. The molecule has 6 heteroatoms. The Bertz CT molecular complexity index is 591. The summed E-state index contributed by atoms with van der Waals surface area (Å²) in [6.07, 6.45) is 0.555. The SMILES string of the molecule is CC(C)C(=O)N1CCC1(C)C(=O)Nc1cc(Cl)ccc1F. The third kappa shape index (κ3) is 2.88. The van der Waals surface area contributed by atoms with Crippen LogP contribution in [0.5, 0.6) is 0 Å². The van der Waals surface area contributed by atoms with Crippen molar-refractivity contribution in [2.24, 2.45) is 5.92 Å². The molecule has 114 valence electrons. The number of likely N-dealkylation sites (tertiary alicyclic amines) is 1. The zero-order valence-corrected chi connectivity index (χ0v) is 13.0. The maximum Gasteiger partial charge on any atom is 0.250 e. The molecule has 0 aromatic heterocycles. The number of rotatable bonds is 3. The van der Waals surface area contributed by atoms with Crippen molar-refractivity contribution in [3.63, 3.8) is 0 Å². The number of nitrogens with zero attached hydrogens (tertiary/aromatic N) is 1. The first-order chi connectivity index (χ1) is 9.75. The van der Waals surface area contributed by atoms with Gasteiger partial charge >= 0.3 is 0 Å². The Morgan fingerprint density at radius 2 is 2.10 bits per heavy atom. The third-order valence-electron chi connectivity index (χ3n) is 3.84. The van der Waals surface area contributed by atoms with Crippen molar-refractivity contribution in [1.29, 1.82) is 0 Å². The van der Waals surface area contributed by atoms with Crippen LogP contribution in [0.2, 0.25) is 5.02 Å². The summed E-state index contributed by atoms with van der Waals surface area (Å²) in [5.41, 5.74) is -0.909. The molecule has 1 aliphatic rings. The Morgan fingerprint density at radius 1 is 1.43 bits per heavy atom. The molecule has 2 amide bonds. The summed E-state index contributed by atoms with van der Waals surface area (Å²) in [7, 11) is 0. The molecular weight excluding hydrogens is 295 g/mol. The molecule has 0 radical (unpaired) electrons. The molecule has 4 nitrogen and oxygen atoms in total. The molecule has 1 aliphatic heterocycles. The molecule has 0 bridgehead atoms. The fourth-order valence-corrected chi connectivity index (χ4v) is 2.48. The number of carbonyl (C=O) groups is 2. The lowest BCUT2D eigenvalue weighted by Gasteiger charge is -2.49.